The van der Waals surface area contributed by atoms with Gasteiger partial charge in [-0.15, -0.1) is 10.2 Å². The smallest absolute Gasteiger partial charge is 0.230 e. The van der Waals surface area contributed by atoms with Crippen LogP contribution in [0.5, 0.6) is 5.75 Å². The largest absolute Gasteiger partial charge is 0.495 e. The van der Waals surface area contributed by atoms with Gasteiger partial charge in [0.25, 0.3) is 0 Å². The molecule has 2 aromatic heterocycles. The molecule has 4 rings (SSSR count). The van der Waals surface area contributed by atoms with E-state index in [9.17, 15) is 4.79 Å². The number of ether oxygens (including phenoxy) is 1. The van der Waals surface area contributed by atoms with Gasteiger partial charge in [-0.05, 0) is 43.0 Å². The maximum absolute atomic E-state index is 12.7. The number of thioether (sulfide) groups is 1. The predicted octanol–water partition coefficient (Wildman–Crippen LogP) is 4.12. The molecule has 1 amide bonds. The van der Waals surface area contributed by atoms with Gasteiger partial charge < -0.3 is 10.1 Å². The van der Waals surface area contributed by atoms with E-state index >= 15 is 0 Å². The summed E-state index contributed by atoms with van der Waals surface area (Å²) < 4.78 is 7.52. The van der Waals surface area contributed by atoms with Crippen LogP contribution < -0.4 is 10.1 Å². The van der Waals surface area contributed by atoms with Crippen molar-refractivity contribution < 1.29 is 9.53 Å². The molecular weight excluding hydrogens is 410 g/mol. The first kappa shape index (κ1) is 21.4. The van der Waals surface area contributed by atoms with E-state index in [0.29, 0.717) is 22.6 Å². The van der Waals surface area contributed by atoms with Gasteiger partial charge in [-0.2, -0.15) is 0 Å². The van der Waals surface area contributed by atoms with Crippen molar-refractivity contribution in [2.24, 2.45) is 5.92 Å². The van der Waals surface area contributed by atoms with Crippen molar-refractivity contribution in [2.45, 2.75) is 43.8 Å². The highest BCUT2D eigenvalue weighted by atomic mass is 32.2. The number of hydrogen-bond acceptors (Lipinski definition) is 6. The zero-order valence-corrected chi connectivity index (χ0v) is 18.6. The Labute approximate surface area is 186 Å². The molecular formula is C23H27N5O2S. The average Bonchev–Trinajstić information content (AvgIpc) is 3.23. The molecule has 1 fully saturated rings. The minimum Gasteiger partial charge on any atom is -0.495 e. The highest BCUT2D eigenvalue weighted by Gasteiger charge is 2.24. The van der Waals surface area contributed by atoms with Gasteiger partial charge in [-0.3, -0.25) is 14.3 Å². The highest BCUT2D eigenvalue weighted by Crippen LogP contribution is 2.32. The number of hydrogen-bond donors (Lipinski definition) is 1. The normalized spacial score (nSPS) is 18.5. The Morgan fingerprint density at radius 1 is 1.16 bits per heavy atom. The van der Waals surface area contributed by atoms with E-state index in [1.165, 1.54) is 31.0 Å². The molecule has 0 spiro atoms. The zero-order chi connectivity index (χ0) is 21.6. The van der Waals surface area contributed by atoms with Crippen LogP contribution in [0, 0.1) is 5.92 Å². The molecule has 0 unspecified atom stereocenters. The van der Waals surface area contributed by atoms with Crippen LogP contribution in [0.4, 0.5) is 0 Å². The fourth-order valence-electron chi connectivity index (χ4n) is 3.99. The number of nitrogens with zero attached hydrogens (tertiary/aromatic N) is 4. The van der Waals surface area contributed by atoms with Crippen molar-refractivity contribution in [3.05, 3.63) is 48.8 Å². The maximum Gasteiger partial charge on any atom is 0.230 e. The lowest BCUT2D eigenvalue weighted by Crippen LogP contribution is -2.41. The van der Waals surface area contributed by atoms with Gasteiger partial charge in [0.05, 0.1) is 18.6 Å². The zero-order valence-electron chi connectivity index (χ0n) is 17.8. The third kappa shape index (κ3) is 4.90. The summed E-state index contributed by atoms with van der Waals surface area (Å²) in [4.78, 5) is 16.8. The van der Waals surface area contributed by atoms with Crippen LogP contribution in [0.25, 0.3) is 17.1 Å². The Bertz CT molecular complexity index is 1020. The second-order valence-electron chi connectivity index (χ2n) is 7.77. The lowest BCUT2D eigenvalue weighted by molar-refractivity contribution is -0.119. The molecule has 0 radical (unpaired) electrons. The average molecular weight is 438 g/mol. The second-order valence-corrected chi connectivity index (χ2v) is 8.72. The maximum atomic E-state index is 12.7. The molecule has 0 saturated heterocycles. The fraction of sp³-hybridized carbons (Fsp3) is 0.391. The van der Waals surface area contributed by atoms with Gasteiger partial charge >= 0.3 is 0 Å². The Morgan fingerprint density at radius 3 is 2.71 bits per heavy atom. The number of carbonyl (C=O) groups is 1. The molecule has 8 heteroatoms. The molecule has 1 saturated carbocycles. The summed E-state index contributed by atoms with van der Waals surface area (Å²) in [6.45, 7) is 2.22. The number of rotatable bonds is 7. The number of benzene rings is 1. The van der Waals surface area contributed by atoms with E-state index in [1.807, 2.05) is 41.0 Å². The van der Waals surface area contributed by atoms with Gasteiger partial charge in [0.15, 0.2) is 11.0 Å². The van der Waals surface area contributed by atoms with E-state index in [0.717, 1.165) is 17.7 Å². The Morgan fingerprint density at radius 2 is 1.94 bits per heavy atom. The highest BCUT2D eigenvalue weighted by molar-refractivity contribution is 7.99. The SMILES string of the molecule is COc1ccccc1-n1c(SCC(=O)N[C@H]2CCCC[C@H]2C)nnc1-c1ccncc1. The van der Waals surface area contributed by atoms with E-state index in [-0.39, 0.29) is 17.7 Å². The summed E-state index contributed by atoms with van der Waals surface area (Å²) in [7, 11) is 1.64. The lowest BCUT2D eigenvalue weighted by Gasteiger charge is -2.29. The number of methoxy groups -OCH3 is 1. The predicted molar refractivity (Wildman–Crippen MR) is 121 cm³/mol. The summed E-state index contributed by atoms with van der Waals surface area (Å²) in [6, 6.07) is 11.8. The van der Waals surface area contributed by atoms with E-state index in [4.69, 9.17) is 4.74 Å². The molecule has 2 atom stereocenters. The van der Waals surface area contributed by atoms with Crippen LogP contribution in [0.2, 0.25) is 0 Å². The number of amides is 1. The Hall–Kier alpha value is -2.87. The van der Waals surface area contributed by atoms with Crippen LogP contribution in [-0.4, -0.2) is 44.6 Å². The molecule has 0 bridgehead atoms. The molecule has 1 N–H and O–H groups in total. The number of pyridine rings is 1. The fourth-order valence-corrected chi connectivity index (χ4v) is 4.75. The molecule has 0 aliphatic heterocycles. The molecule has 1 aliphatic carbocycles. The third-order valence-corrected chi connectivity index (χ3v) is 6.62. The van der Waals surface area contributed by atoms with Crippen LogP contribution in [0.1, 0.15) is 32.6 Å². The molecule has 1 aromatic carbocycles. The molecule has 7 nitrogen and oxygen atoms in total. The van der Waals surface area contributed by atoms with E-state index in [1.54, 1.807) is 19.5 Å². The summed E-state index contributed by atoms with van der Waals surface area (Å²) in [6.07, 6.45) is 8.11. The van der Waals surface area contributed by atoms with Crippen molar-refractivity contribution in [3.63, 3.8) is 0 Å². The molecule has 2 heterocycles. The monoisotopic (exact) mass is 437 g/mol. The second kappa shape index (κ2) is 9.96. The first-order valence-corrected chi connectivity index (χ1v) is 11.6. The molecule has 162 valence electrons. The van der Waals surface area contributed by atoms with Gasteiger partial charge in [-0.25, -0.2) is 0 Å². The van der Waals surface area contributed by atoms with E-state index < -0.39 is 0 Å². The van der Waals surface area contributed by atoms with Gasteiger partial charge in [0, 0.05) is 24.0 Å². The molecule has 1 aliphatic rings. The van der Waals surface area contributed by atoms with Crippen molar-refractivity contribution in [2.75, 3.05) is 12.9 Å². The molecule has 3 aromatic rings. The van der Waals surface area contributed by atoms with Gasteiger partial charge in [0.1, 0.15) is 5.75 Å². The van der Waals surface area contributed by atoms with Crippen molar-refractivity contribution in [1.29, 1.82) is 0 Å². The summed E-state index contributed by atoms with van der Waals surface area (Å²) in [5.74, 6) is 2.23. The third-order valence-electron chi connectivity index (χ3n) is 5.69. The number of carbonyl (C=O) groups excluding carboxylic acids is 1. The molecule has 31 heavy (non-hydrogen) atoms. The standard InChI is InChI=1S/C23H27N5O2S/c1-16-7-3-4-8-18(16)25-21(29)15-31-23-27-26-22(17-11-13-24-14-12-17)28(23)19-9-5-6-10-20(19)30-2/h5-6,9-14,16,18H,3-4,7-8,15H2,1-2H3,(H,25,29)/t16-,18+/m1/s1. The quantitative estimate of drug-likeness (QED) is 0.560. The van der Waals surface area contributed by atoms with Crippen molar-refractivity contribution in [1.82, 2.24) is 25.1 Å². The topological polar surface area (TPSA) is 81.9 Å². The van der Waals surface area contributed by atoms with Crippen LogP contribution in [0.15, 0.2) is 53.9 Å². The van der Waals surface area contributed by atoms with Crippen LogP contribution in [0.3, 0.4) is 0 Å². The van der Waals surface area contributed by atoms with Crippen molar-refractivity contribution in [3.8, 4) is 22.8 Å². The minimum atomic E-state index is 0.0313. The lowest BCUT2D eigenvalue weighted by atomic mass is 9.86. The number of aromatic nitrogens is 4. The van der Waals surface area contributed by atoms with Crippen LogP contribution >= 0.6 is 11.8 Å². The van der Waals surface area contributed by atoms with Crippen LogP contribution in [-0.2, 0) is 4.79 Å². The van der Waals surface area contributed by atoms with Gasteiger partial charge in [-0.1, -0.05) is 43.7 Å². The van der Waals surface area contributed by atoms with Crippen molar-refractivity contribution >= 4 is 17.7 Å². The summed E-state index contributed by atoms with van der Waals surface area (Å²) in [5, 5.41) is 12.7. The first-order chi connectivity index (χ1) is 15.2. The summed E-state index contributed by atoms with van der Waals surface area (Å²) in [5.41, 5.74) is 1.71. The Kier molecular flexibility index (Phi) is 6.86. The summed E-state index contributed by atoms with van der Waals surface area (Å²) >= 11 is 1.38. The van der Waals surface area contributed by atoms with Gasteiger partial charge in [0.2, 0.25) is 5.91 Å². The Balaban J connectivity index is 1.59. The first-order valence-electron chi connectivity index (χ1n) is 10.6. The van der Waals surface area contributed by atoms with E-state index in [2.05, 4.69) is 27.4 Å². The minimum absolute atomic E-state index is 0.0313. The number of para-hydroxylation sites is 2. The number of nitrogens with one attached hydrogen (secondary N) is 1.